The van der Waals surface area contributed by atoms with E-state index < -0.39 is 0 Å². The second-order valence-corrected chi connectivity index (χ2v) is 5.26. The third-order valence-electron chi connectivity index (χ3n) is 3.73. The molecule has 1 saturated heterocycles. The maximum atomic E-state index is 12.2. The van der Waals surface area contributed by atoms with Gasteiger partial charge in [0.2, 0.25) is 5.91 Å². The van der Waals surface area contributed by atoms with Crippen LogP contribution < -0.4 is 5.32 Å². The Morgan fingerprint density at radius 3 is 2.84 bits per heavy atom. The number of hydrogen-bond donors (Lipinski definition) is 1. The molecule has 0 aliphatic carbocycles. The molecule has 1 N–H and O–H groups in total. The van der Waals surface area contributed by atoms with Gasteiger partial charge in [-0.25, -0.2) is 0 Å². The van der Waals surface area contributed by atoms with Crippen LogP contribution in [0.25, 0.3) is 0 Å². The topological polar surface area (TPSA) is 45.2 Å². The summed E-state index contributed by atoms with van der Waals surface area (Å²) in [4.78, 5) is 18.6. The van der Waals surface area contributed by atoms with E-state index in [9.17, 15) is 4.79 Å². The first kappa shape index (κ1) is 14.0. The molecule has 1 amide bonds. The zero-order valence-corrected chi connectivity index (χ0v) is 11.9. The standard InChI is InChI=1S/C15H23N3O/c1-12-7-6-8-16-14(12)11-17-13(2)15(19)18-9-4-3-5-10-18/h6-8,13,17H,3-5,9-11H2,1-2H3. The van der Waals surface area contributed by atoms with Gasteiger partial charge in [-0.1, -0.05) is 6.07 Å². The number of pyridine rings is 1. The monoisotopic (exact) mass is 261 g/mol. The average molecular weight is 261 g/mol. The predicted molar refractivity (Wildman–Crippen MR) is 75.7 cm³/mol. The van der Waals surface area contributed by atoms with E-state index in [0.29, 0.717) is 6.54 Å². The summed E-state index contributed by atoms with van der Waals surface area (Å²) in [6.07, 6.45) is 5.31. The largest absolute Gasteiger partial charge is 0.341 e. The number of rotatable bonds is 4. The summed E-state index contributed by atoms with van der Waals surface area (Å²) in [5.74, 6) is 0.216. The van der Waals surface area contributed by atoms with Crippen LogP contribution in [0.15, 0.2) is 18.3 Å². The van der Waals surface area contributed by atoms with Gasteiger partial charge in [-0.3, -0.25) is 9.78 Å². The van der Waals surface area contributed by atoms with Crippen molar-refractivity contribution in [3.63, 3.8) is 0 Å². The van der Waals surface area contributed by atoms with E-state index in [1.54, 1.807) is 6.20 Å². The molecule has 4 nitrogen and oxygen atoms in total. The highest BCUT2D eigenvalue weighted by Gasteiger charge is 2.21. The summed E-state index contributed by atoms with van der Waals surface area (Å²) >= 11 is 0. The first-order chi connectivity index (χ1) is 9.18. The summed E-state index contributed by atoms with van der Waals surface area (Å²) < 4.78 is 0. The first-order valence-electron chi connectivity index (χ1n) is 7.11. The van der Waals surface area contributed by atoms with E-state index in [2.05, 4.69) is 10.3 Å². The lowest BCUT2D eigenvalue weighted by Crippen LogP contribution is -2.46. The molecule has 0 bridgehead atoms. The van der Waals surface area contributed by atoms with Crippen molar-refractivity contribution < 1.29 is 4.79 Å². The minimum Gasteiger partial charge on any atom is -0.341 e. The van der Waals surface area contributed by atoms with Crippen molar-refractivity contribution in [1.82, 2.24) is 15.2 Å². The molecular formula is C15H23N3O. The van der Waals surface area contributed by atoms with Crippen molar-refractivity contribution in [3.8, 4) is 0 Å². The number of hydrogen-bond acceptors (Lipinski definition) is 3. The zero-order valence-electron chi connectivity index (χ0n) is 11.9. The first-order valence-corrected chi connectivity index (χ1v) is 7.11. The Kier molecular flexibility index (Phi) is 4.91. The van der Waals surface area contributed by atoms with Crippen LogP contribution in [0.3, 0.4) is 0 Å². The lowest BCUT2D eigenvalue weighted by atomic mass is 10.1. The van der Waals surface area contributed by atoms with Gasteiger partial charge in [-0.15, -0.1) is 0 Å². The number of carbonyl (C=O) groups excluding carboxylic acids is 1. The molecular weight excluding hydrogens is 238 g/mol. The molecule has 0 saturated carbocycles. The van der Waals surface area contributed by atoms with Crippen molar-refractivity contribution in [3.05, 3.63) is 29.6 Å². The van der Waals surface area contributed by atoms with E-state index in [-0.39, 0.29) is 11.9 Å². The third-order valence-corrected chi connectivity index (χ3v) is 3.73. The van der Waals surface area contributed by atoms with Gasteiger partial charge in [-0.05, 0) is 44.7 Å². The van der Waals surface area contributed by atoms with E-state index in [0.717, 1.165) is 37.2 Å². The van der Waals surface area contributed by atoms with Crippen LogP contribution in [0, 0.1) is 6.92 Å². The number of nitrogens with zero attached hydrogens (tertiary/aromatic N) is 2. The molecule has 2 rings (SSSR count). The number of nitrogens with one attached hydrogen (secondary N) is 1. The van der Waals surface area contributed by atoms with Gasteiger partial charge in [0, 0.05) is 25.8 Å². The van der Waals surface area contributed by atoms with E-state index in [1.165, 1.54) is 6.42 Å². The summed E-state index contributed by atoms with van der Waals surface area (Å²) in [5.41, 5.74) is 2.17. The van der Waals surface area contributed by atoms with Crippen molar-refractivity contribution >= 4 is 5.91 Å². The summed E-state index contributed by atoms with van der Waals surface area (Å²) in [7, 11) is 0. The number of aromatic nitrogens is 1. The van der Waals surface area contributed by atoms with Crippen LogP contribution in [-0.4, -0.2) is 34.9 Å². The zero-order chi connectivity index (χ0) is 13.7. The van der Waals surface area contributed by atoms with Crippen molar-refractivity contribution in [1.29, 1.82) is 0 Å². The van der Waals surface area contributed by atoms with Gasteiger partial charge in [0.1, 0.15) is 0 Å². The summed E-state index contributed by atoms with van der Waals surface area (Å²) in [6.45, 7) is 6.45. The highest BCUT2D eigenvalue weighted by atomic mass is 16.2. The van der Waals surface area contributed by atoms with Crippen LogP contribution in [0.1, 0.15) is 37.4 Å². The van der Waals surface area contributed by atoms with Gasteiger partial charge >= 0.3 is 0 Å². The van der Waals surface area contributed by atoms with Crippen molar-refractivity contribution in [2.45, 2.75) is 45.7 Å². The molecule has 1 unspecified atom stereocenters. The lowest BCUT2D eigenvalue weighted by molar-refractivity contribution is -0.133. The summed E-state index contributed by atoms with van der Waals surface area (Å²) in [6, 6.07) is 3.84. The smallest absolute Gasteiger partial charge is 0.239 e. The van der Waals surface area contributed by atoms with Gasteiger partial charge in [0.25, 0.3) is 0 Å². The van der Waals surface area contributed by atoms with Crippen molar-refractivity contribution in [2.24, 2.45) is 0 Å². The highest BCUT2D eigenvalue weighted by Crippen LogP contribution is 2.10. The quantitative estimate of drug-likeness (QED) is 0.900. The predicted octanol–water partition coefficient (Wildman–Crippen LogP) is 1.88. The van der Waals surface area contributed by atoms with E-state index in [4.69, 9.17) is 0 Å². The number of amides is 1. The maximum absolute atomic E-state index is 12.2. The molecule has 1 aliphatic heterocycles. The number of likely N-dealkylation sites (tertiary alicyclic amines) is 1. The molecule has 1 aromatic heterocycles. The molecule has 2 heterocycles. The maximum Gasteiger partial charge on any atom is 0.239 e. The molecule has 1 fully saturated rings. The molecule has 0 aromatic carbocycles. The van der Waals surface area contributed by atoms with Crippen LogP contribution in [-0.2, 0) is 11.3 Å². The van der Waals surface area contributed by atoms with Gasteiger partial charge in [0.05, 0.1) is 11.7 Å². The van der Waals surface area contributed by atoms with Gasteiger partial charge in [0.15, 0.2) is 0 Å². The number of carbonyl (C=O) groups is 1. The minimum atomic E-state index is -0.139. The van der Waals surface area contributed by atoms with Gasteiger partial charge < -0.3 is 10.2 Å². The van der Waals surface area contributed by atoms with Crippen LogP contribution in [0.2, 0.25) is 0 Å². The molecule has 1 aliphatic rings. The Morgan fingerprint density at radius 1 is 1.42 bits per heavy atom. The minimum absolute atomic E-state index is 0.139. The van der Waals surface area contributed by atoms with Crippen LogP contribution >= 0.6 is 0 Å². The average Bonchev–Trinajstić information content (AvgIpc) is 2.46. The molecule has 1 atom stereocenters. The molecule has 1 aromatic rings. The van der Waals surface area contributed by atoms with Crippen LogP contribution in [0.5, 0.6) is 0 Å². The fourth-order valence-electron chi connectivity index (χ4n) is 2.43. The Hall–Kier alpha value is -1.42. The second-order valence-electron chi connectivity index (χ2n) is 5.26. The van der Waals surface area contributed by atoms with Crippen LogP contribution in [0.4, 0.5) is 0 Å². The molecule has 4 heteroatoms. The lowest BCUT2D eigenvalue weighted by Gasteiger charge is -2.29. The normalized spacial score (nSPS) is 17.3. The Bertz CT molecular complexity index is 427. The fourth-order valence-corrected chi connectivity index (χ4v) is 2.43. The van der Waals surface area contributed by atoms with E-state index >= 15 is 0 Å². The second kappa shape index (κ2) is 6.66. The SMILES string of the molecule is Cc1cccnc1CNC(C)C(=O)N1CCCCC1. The molecule has 19 heavy (non-hydrogen) atoms. The fraction of sp³-hybridized carbons (Fsp3) is 0.600. The van der Waals surface area contributed by atoms with E-state index in [1.807, 2.05) is 30.9 Å². The molecule has 0 radical (unpaired) electrons. The van der Waals surface area contributed by atoms with Gasteiger partial charge in [-0.2, -0.15) is 0 Å². The Balaban J connectivity index is 1.85. The Morgan fingerprint density at radius 2 is 2.16 bits per heavy atom. The Labute approximate surface area is 115 Å². The third kappa shape index (κ3) is 3.77. The highest BCUT2D eigenvalue weighted by molar-refractivity contribution is 5.81. The molecule has 0 spiro atoms. The number of aryl methyl sites for hydroxylation is 1. The number of piperidine rings is 1. The summed E-state index contributed by atoms with van der Waals surface area (Å²) in [5, 5.41) is 3.28. The molecule has 104 valence electrons. The van der Waals surface area contributed by atoms with Crippen molar-refractivity contribution in [2.75, 3.05) is 13.1 Å².